The second-order valence-corrected chi connectivity index (χ2v) is 10.2. The Kier molecular flexibility index (Phi) is 7.22. The number of primary sulfonamides is 1. The highest BCUT2D eigenvalue weighted by Crippen LogP contribution is 2.32. The Morgan fingerprint density at radius 2 is 2.20 bits per heavy atom. The Labute approximate surface area is 181 Å². The molecule has 2 unspecified atom stereocenters. The van der Waals surface area contributed by atoms with E-state index >= 15 is 0 Å². The van der Waals surface area contributed by atoms with E-state index in [1.54, 1.807) is 18.3 Å². The van der Waals surface area contributed by atoms with Gasteiger partial charge in [0, 0.05) is 13.2 Å². The van der Waals surface area contributed by atoms with Gasteiger partial charge in [0.05, 0.1) is 28.1 Å². The lowest BCUT2D eigenvalue weighted by Crippen LogP contribution is -2.42. The van der Waals surface area contributed by atoms with E-state index < -0.39 is 10.0 Å². The summed E-state index contributed by atoms with van der Waals surface area (Å²) in [6.07, 6.45) is 6.66. The molecule has 1 fully saturated rings. The summed E-state index contributed by atoms with van der Waals surface area (Å²) in [7, 11) is -3.88. The van der Waals surface area contributed by atoms with Crippen molar-refractivity contribution in [3.8, 4) is 11.3 Å². The second kappa shape index (κ2) is 9.51. The molecule has 4 N–H and O–H groups in total. The van der Waals surface area contributed by atoms with Gasteiger partial charge < -0.3 is 15.0 Å². The number of sulfonamides is 1. The van der Waals surface area contributed by atoms with Gasteiger partial charge in [0.1, 0.15) is 5.82 Å². The number of nitrogens with two attached hydrogens (primary N) is 1. The first kappa shape index (κ1) is 22.8. The van der Waals surface area contributed by atoms with Crippen molar-refractivity contribution in [2.24, 2.45) is 5.14 Å². The summed E-state index contributed by atoms with van der Waals surface area (Å²) in [6, 6.07) is 4.71. The molecule has 8 nitrogen and oxygen atoms in total. The van der Waals surface area contributed by atoms with Crippen LogP contribution in [0.4, 0.5) is 0 Å². The fourth-order valence-electron chi connectivity index (χ4n) is 3.81. The van der Waals surface area contributed by atoms with Crippen LogP contribution in [0.25, 0.3) is 11.3 Å². The molecule has 1 aromatic heterocycles. The lowest BCUT2D eigenvalue weighted by atomic mass is 10.0. The Hall–Kier alpha value is -1.88. The van der Waals surface area contributed by atoms with Crippen molar-refractivity contribution >= 4 is 27.7 Å². The number of carbonyl (C=O) groups is 1. The largest absolute Gasteiger partial charge is 0.396 e. The van der Waals surface area contributed by atoms with Gasteiger partial charge in [-0.25, -0.2) is 18.5 Å². The van der Waals surface area contributed by atoms with Crippen molar-refractivity contribution in [3.05, 3.63) is 35.8 Å². The van der Waals surface area contributed by atoms with Crippen LogP contribution in [0.5, 0.6) is 0 Å². The third kappa shape index (κ3) is 4.88. The first-order chi connectivity index (χ1) is 14.3. The van der Waals surface area contributed by atoms with Gasteiger partial charge in [-0.3, -0.25) is 4.79 Å². The number of aromatic amines is 1. The zero-order chi connectivity index (χ0) is 21.9. The topological polar surface area (TPSA) is 129 Å². The molecular weight excluding hydrogens is 424 g/mol. The summed E-state index contributed by atoms with van der Waals surface area (Å²) in [6.45, 7) is 2.45. The minimum atomic E-state index is -3.88. The van der Waals surface area contributed by atoms with Gasteiger partial charge in [0.15, 0.2) is 0 Å². The number of nitrogens with zero attached hydrogens (tertiary/aromatic N) is 2. The number of H-pyrrole nitrogens is 1. The first-order valence-electron chi connectivity index (χ1n) is 9.91. The zero-order valence-electron chi connectivity index (χ0n) is 17.2. The molecule has 1 aliphatic heterocycles. The third-order valence-electron chi connectivity index (χ3n) is 5.46. The van der Waals surface area contributed by atoms with Crippen molar-refractivity contribution in [1.29, 1.82) is 0 Å². The molecule has 2 aromatic rings. The monoisotopic (exact) mass is 452 g/mol. The maximum atomic E-state index is 12.8. The molecule has 1 amide bonds. The molecule has 1 aromatic carbocycles. The molecule has 0 spiro atoms. The maximum absolute atomic E-state index is 12.8. The highest BCUT2D eigenvalue weighted by Gasteiger charge is 2.32. The van der Waals surface area contributed by atoms with Crippen LogP contribution in [-0.2, 0) is 21.2 Å². The van der Waals surface area contributed by atoms with E-state index in [1.807, 2.05) is 18.1 Å². The Morgan fingerprint density at radius 3 is 2.87 bits per heavy atom. The molecule has 164 valence electrons. The van der Waals surface area contributed by atoms with E-state index in [0.717, 1.165) is 36.3 Å². The van der Waals surface area contributed by atoms with E-state index in [4.69, 9.17) is 5.14 Å². The molecular formula is C20H28N4O4S2. The number of nitrogens with one attached hydrogen (secondary N) is 1. The standard InChI is InChI=1S/C20H28N4O4S2/c1-13(29-2)20(26)24-9-4-3-5-17(24)19-22-12-16(23-19)14-6-7-18(30(21,27)28)15(11-14)8-10-25/h6-7,11-13,17,25H,3-5,8-10H2,1-2H3,(H,22,23)(H2,21,27,28). The van der Waals surface area contributed by atoms with Gasteiger partial charge in [-0.1, -0.05) is 6.07 Å². The van der Waals surface area contributed by atoms with E-state index in [0.29, 0.717) is 12.1 Å². The first-order valence-corrected chi connectivity index (χ1v) is 12.7. The molecule has 0 radical (unpaired) electrons. The van der Waals surface area contributed by atoms with Crippen molar-refractivity contribution in [2.75, 3.05) is 19.4 Å². The van der Waals surface area contributed by atoms with Crippen LogP contribution in [0, 0.1) is 0 Å². The van der Waals surface area contributed by atoms with Crippen molar-refractivity contribution in [1.82, 2.24) is 14.9 Å². The average Bonchev–Trinajstić information content (AvgIpc) is 3.22. The number of hydrogen-bond acceptors (Lipinski definition) is 6. The van der Waals surface area contributed by atoms with E-state index in [2.05, 4.69) is 9.97 Å². The van der Waals surface area contributed by atoms with E-state index in [9.17, 15) is 18.3 Å². The highest BCUT2D eigenvalue weighted by atomic mass is 32.2. The number of benzene rings is 1. The van der Waals surface area contributed by atoms with Crippen molar-refractivity contribution in [3.63, 3.8) is 0 Å². The fourth-order valence-corrected chi connectivity index (χ4v) is 4.93. The lowest BCUT2D eigenvalue weighted by molar-refractivity contribution is -0.134. The second-order valence-electron chi connectivity index (χ2n) is 7.44. The van der Waals surface area contributed by atoms with Crippen LogP contribution in [0.2, 0.25) is 0 Å². The number of carbonyl (C=O) groups excluding carboxylic acids is 1. The summed E-state index contributed by atoms with van der Waals surface area (Å²) in [5.74, 6) is 0.846. The average molecular weight is 453 g/mol. The minimum Gasteiger partial charge on any atom is -0.396 e. The number of thioether (sulfide) groups is 1. The molecule has 30 heavy (non-hydrogen) atoms. The van der Waals surface area contributed by atoms with Gasteiger partial charge in [0.25, 0.3) is 0 Å². The molecule has 0 aliphatic carbocycles. The van der Waals surface area contributed by atoms with Gasteiger partial charge in [-0.2, -0.15) is 11.8 Å². The predicted molar refractivity (Wildman–Crippen MR) is 117 cm³/mol. The Bertz CT molecular complexity index is 1010. The van der Waals surface area contributed by atoms with Gasteiger partial charge in [0.2, 0.25) is 15.9 Å². The number of rotatable bonds is 7. The molecule has 3 rings (SSSR count). The quantitative estimate of drug-likeness (QED) is 0.590. The van der Waals surface area contributed by atoms with Crippen molar-refractivity contribution in [2.45, 2.75) is 48.8 Å². The Balaban J connectivity index is 1.92. The summed E-state index contributed by atoms with van der Waals surface area (Å²) < 4.78 is 23.6. The van der Waals surface area contributed by atoms with Crippen LogP contribution >= 0.6 is 11.8 Å². The smallest absolute Gasteiger partial charge is 0.238 e. The van der Waals surface area contributed by atoms with Crippen LogP contribution in [0.15, 0.2) is 29.3 Å². The number of likely N-dealkylation sites (tertiary alicyclic amines) is 1. The molecule has 2 heterocycles. The summed E-state index contributed by atoms with van der Waals surface area (Å²) in [4.78, 5) is 22.6. The number of aromatic nitrogens is 2. The van der Waals surface area contributed by atoms with Crippen LogP contribution in [0.3, 0.4) is 0 Å². The van der Waals surface area contributed by atoms with Crippen LogP contribution in [-0.4, -0.2) is 59.0 Å². The van der Waals surface area contributed by atoms with Gasteiger partial charge in [-0.15, -0.1) is 0 Å². The molecule has 10 heteroatoms. The van der Waals surface area contributed by atoms with E-state index in [1.165, 1.54) is 17.8 Å². The maximum Gasteiger partial charge on any atom is 0.238 e. The normalized spacial score (nSPS) is 18.4. The molecule has 0 saturated carbocycles. The Morgan fingerprint density at radius 1 is 1.43 bits per heavy atom. The molecule has 1 saturated heterocycles. The predicted octanol–water partition coefficient (Wildman–Crippen LogP) is 2.06. The summed E-state index contributed by atoms with van der Waals surface area (Å²) in [5, 5.41) is 14.5. The fraction of sp³-hybridized carbons (Fsp3) is 0.500. The number of aliphatic hydroxyl groups is 1. The number of aliphatic hydroxyl groups excluding tert-OH is 1. The third-order valence-corrected chi connectivity index (χ3v) is 7.38. The number of imidazole rings is 1. The zero-order valence-corrected chi connectivity index (χ0v) is 18.8. The summed E-state index contributed by atoms with van der Waals surface area (Å²) in [5.41, 5.74) is 1.92. The lowest BCUT2D eigenvalue weighted by Gasteiger charge is -2.36. The van der Waals surface area contributed by atoms with Crippen LogP contribution < -0.4 is 5.14 Å². The highest BCUT2D eigenvalue weighted by molar-refractivity contribution is 7.99. The number of piperidine rings is 1. The van der Waals surface area contributed by atoms with Crippen LogP contribution in [0.1, 0.15) is 43.6 Å². The minimum absolute atomic E-state index is 0.00939. The molecule has 0 bridgehead atoms. The van der Waals surface area contributed by atoms with E-state index in [-0.39, 0.29) is 35.1 Å². The van der Waals surface area contributed by atoms with Crippen molar-refractivity contribution < 1.29 is 18.3 Å². The molecule has 2 atom stereocenters. The van der Waals surface area contributed by atoms with Gasteiger partial charge >= 0.3 is 0 Å². The SMILES string of the molecule is CSC(C)C(=O)N1CCCCC1c1ncc(-c2ccc(S(N)(=O)=O)c(CCO)c2)[nH]1. The van der Waals surface area contributed by atoms with Gasteiger partial charge in [-0.05, 0) is 62.1 Å². The summed E-state index contributed by atoms with van der Waals surface area (Å²) >= 11 is 1.53. The number of hydrogen-bond donors (Lipinski definition) is 3. The molecule has 1 aliphatic rings. The number of amides is 1.